The first-order valence-corrected chi connectivity index (χ1v) is 13.5. The number of carbonyl (C=O) groups is 2. The first kappa shape index (κ1) is 26.0. The third-order valence-electron chi connectivity index (χ3n) is 7.19. The highest BCUT2D eigenvalue weighted by Crippen LogP contribution is 2.38. The van der Waals surface area contributed by atoms with Gasteiger partial charge < -0.3 is 23.7 Å². The summed E-state index contributed by atoms with van der Waals surface area (Å²) in [6, 6.07) is 17.9. The van der Waals surface area contributed by atoms with E-state index in [2.05, 4.69) is 57.2 Å². The zero-order valence-corrected chi connectivity index (χ0v) is 22.4. The molecule has 2 aliphatic rings. The highest BCUT2D eigenvalue weighted by atomic mass is 16.5. The molecule has 2 aliphatic heterocycles. The van der Waals surface area contributed by atoms with Gasteiger partial charge in [-0.25, -0.2) is 0 Å². The van der Waals surface area contributed by atoms with E-state index >= 15 is 0 Å². The summed E-state index contributed by atoms with van der Waals surface area (Å²) in [5, 5.41) is 0. The van der Waals surface area contributed by atoms with Crippen LogP contribution in [0.25, 0.3) is 0 Å². The summed E-state index contributed by atoms with van der Waals surface area (Å²) < 4.78 is 17.3. The van der Waals surface area contributed by atoms with Crippen molar-refractivity contribution >= 4 is 11.8 Å². The zero-order chi connectivity index (χ0) is 26.6. The van der Waals surface area contributed by atoms with E-state index in [4.69, 9.17) is 13.9 Å². The van der Waals surface area contributed by atoms with Gasteiger partial charge in [-0.15, -0.1) is 0 Å². The van der Waals surface area contributed by atoms with E-state index in [9.17, 15) is 9.59 Å². The number of rotatable bonds is 7. The minimum absolute atomic E-state index is 0.125. The topological polar surface area (TPSA) is 72.2 Å². The number of morpholine rings is 1. The number of benzene rings is 2. The van der Waals surface area contributed by atoms with Crippen molar-refractivity contribution in [2.45, 2.75) is 46.3 Å². The molecule has 0 unspecified atom stereocenters. The van der Waals surface area contributed by atoms with E-state index in [0.717, 1.165) is 17.5 Å². The smallest absolute Gasteiger partial charge is 0.289 e. The molecule has 1 fully saturated rings. The van der Waals surface area contributed by atoms with Gasteiger partial charge in [-0.2, -0.15) is 0 Å². The third-order valence-corrected chi connectivity index (χ3v) is 7.19. The Morgan fingerprint density at radius 2 is 1.76 bits per heavy atom. The van der Waals surface area contributed by atoms with Crippen LogP contribution in [0.4, 0.5) is 0 Å². The van der Waals surface area contributed by atoms with Gasteiger partial charge in [-0.1, -0.05) is 49.7 Å². The molecule has 2 amide bonds. The average molecular weight is 517 g/mol. The van der Waals surface area contributed by atoms with E-state index in [0.29, 0.717) is 62.5 Å². The number of ether oxygens (including phenoxy) is 2. The lowest BCUT2D eigenvalue weighted by Gasteiger charge is -2.38. The fourth-order valence-corrected chi connectivity index (χ4v) is 5.17. The lowest BCUT2D eigenvalue weighted by atomic mass is 9.87. The molecule has 0 saturated carbocycles. The van der Waals surface area contributed by atoms with Crippen LogP contribution in [-0.4, -0.2) is 54.5 Å². The van der Waals surface area contributed by atoms with Crippen LogP contribution in [0.2, 0.25) is 0 Å². The Labute approximate surface area is 224 Å². The van der Waals surface area contributed by atoms with Crippen molar-refractivity contribution in [3.8, 4) is 5.75 Å². The van der Waals surface area contributed by atoms with E-state index in [1.54, 1.807) is 17.0 Å². The molecule has 3 aromatic rings. The first-order valence-electron chi connectivity index (χ1n) is 13.5. The molecule has 0 spiro atoms. The Hall–Kier alpha value is -3.58. The third kappa shape index (κ3) is 5.78. The zero-order valence-electron chi connectivity index (χ0n) is 22.4. The minimum Gasteiger partial charge on any atom is -0.486 e. The molecule has 5 rings (SSSR count). The molecule has 1 atom stereocenters. The second-order valence-corrected chi connectivity index (χ2v) is 10.6. The van der Waals surface area contributed by atoms with Crippen molar-refractivity contribution in [1.29, 1.82) is 0 Å². The largest absolute Gasteiger partial charge is 0.486 e. The Kier molecular flexibility index (Phi) is 7.84. The number of amides is 2. The van der Waals surface area contributed by atoms with Crippen molar-refractivity contribution in [2.75, 3.05) is 32.8 Å². The van der Waals surface area contributed by atoms with Gasteiger partial charge >= 0.3 is 0 Å². The number of nitrogens with zero attached hydrogens (tertiary/aromatic N) is 2. The van der Waals surface area contributed by atoms with Gasteiger partial charge in [0.05, 0.1) is 19.3 Å². The van der Waals surface area contributed by atoms with Crippen LogP contribution in [0.15, 0.2) is 59.0 Å². The SMILES string of the molecule is Cc1ccc([C@H]2c3cc(OCc4ccc(C(=O)N5CCOCC5)o4)ccc3CCN2C(=O)CC(C)C)cc1. The number of hydrogen-bond acceptors (Lipinski definition) is 5. The van der Waals surface area contributed by atoms with Gasteiger partial charge in [-0.05, 0) is 60.2 Å². The number of carbonyl (C=O) groups excluding carboxylic acids is 2. The maximum atomic E-state index is 13.3. The minimum atomic E-state index is -0.157. The Morgan fingerprint density at radius 1 is 1.00 bits per heavy atom. The lowest BCUT2D eigenvalue weighted by Crippen LogP contribution is -2.41. The Morgan fingerprint density at radius 3 is 2.50 bits per heavy atom. The van der Waals surface area contributed by atoms with Crippen molar-refractivity contribution in [2.24, 2.45) is 5.92 Å². The molecule has 38 heavy (non-hydrogen) atoms. The van der Waals surface area contributed by atoms with E-state index in [-0.39, 0.29) is 24.5 Å². The average Bonchev–Trinajstić information content (AvgIpc) is 3.40. The van der Waals surface area contributed by atoms with Crippen LogP contribution in [0, 0.1) is 12.8 Å². The normalized spacial score (nSPS) is 17.4. The maximum Gasteiger partial charge on any atom is 0.289 e. The Bertz CT molecular complexity index is 1270. The predicted octanol–water partition coefficient (Wildman–Crippen LogP) is 5.16. The maximum absolute atomic E-state index is 13.3. The predicted molar refractivity (Wildman–Crippen MR) is 144 cm³/mol. The molecule has 7 heteroatoms. The van der Waals surface area contributed by atoms with E-state index in [1.807, 2.05) is 11.0 Å². The molecule has 1 saturated heterocycles. The molecule has 200 valence electrons. The van der Waals surface area contributed by atoms with Crippen LogP contribution in [0.1, 0.15) is 64.9 Å². The van der Waals surface area contributed by atoms with E-state index in [1.165, 1.54) is 11.1 Å². The summed E-state index contributed by atoms with van der Waals surface area (Å²) in [7, 11) is 0. The highest BCUT2D eigenvalue weighted by Gasteiger charge is 2.32. The summed E-state index contributed by atoms with van der Waals surface area (Å²) in [6.45, 7) is 9.37. The summed E-state index contributed by atoms with van der Waals surface area (Å²) >= 11 is 0. The van der Waals surface area contributed by atoms with Crippen molar-refractivity contribution in [1.82, 2.24) is 9.80 Å². The van der Waals surface area contributed by atoms with Crippen LogP contribution < -0.4 is 4.74 Å². The molecule has 0 aliphatic carbocycles. The summed E-state index contributed by atoms with van der Waals surface area (Å²) in [4.78, 5) is 29.7. The Balaban J connectivity index is 1.35. The number of fused-ring (bicyclic) bond motifs is 1. The molecular formula is C31H36N2O5. The molecule has 1 aromatic heterocycles. The summed E-state index contributed by atoms with van der Waals surface area (Å²) in [5.41, 5.74) is 4.61. The first-order chi connectivity index (χ1) is 18.4. The molecule has 3 heterocycles. The van der Waals surface area contributed by atoms with Gasteiger partial charge in [0.2, 0.25) is 5.91 Å². The fraction of sp³-hybridized carbons (Fsp3) is 0.419. The van der Waals surface area contributed by atoms with Crippen molar-refractivity contribution in [3.63, 3.8) is 0 Å². The molecule has 0 N–H and O–H groups in total. The van der Waals surface area contributed by atoms with Gasteiger partial charge in [0.25, 0.3) is 5.91 Å². The van der Waals surface area contributed by atoms with Gasteiger partial charge in [0, 0.05) is 26.1 Å². The van der Waals surface area contributed by atoms with Crippen LogP contribution in [0.3, 0.4) is 0 Å². The van der Waals surface area contributed by atoms with Crippen molar-refractivity contribution < 1.29 is 23.5 Å². The van der Waals surface area contributed by atoms with E-state index < -0.39 is 0 Å². The van der Waals surface area contributed by atoms with Crippen LogP contribution in [0.5, 0.6) is 5.75 Å². The molecule has 0 radical (unpaired) electrons. The monoisotopic (exact) mass is 516 g/mol. The summed E-state index contributed by atoms with van der Waals surface area (Å²) in [6.07, 6.45) is 1.34. The number of hydrogen-bond donors (Lipinski definition) is 0. The lowest BCUT2D eigenvalue weighted by molar-refractivity contribution is -0.134. The van der Waals surface area contributed by atoms with Crippen LogP contribution >= 0.6 is 0 Å². The molecule has 2 aromatic carbocycles. The molecule has 7 nitrogen and oxygen atoms in total. The second kappa shape index (κ2) is 11.4. The van der Waals surface area contributed by atoms with Gasteiger partial charge in [0.15, 0.2) is 5.76 Å². The highest BCUT2D eigenvalue weighted by molar-refractivity contribution is 5.91. The number of aryl methyl sites for hydroxylation is 1. The van der Waals surface area contributed by atoms with Crippen molar-refractivity contribution in [3.05, 3.63) is 88.4 Å². The second-order valence-electron chi connectivity index (χ2n) is 10.6. The molecule has 0 bridgehead atoms. The van der Waals surface area contributed by atoms with Gasteiger partial charge in [-0.3, -0.25) is 9.59 Å². The number of furan rings is 1. The van der Waals surface area contributed by atoms with Crippen LogP contribution in [-0.2, 0) is 22.6 Å². The van der Waals surface area contributed by atoms with Gasteiger partial charge in [0.1, 0.15) is 18.1 Å². The quantitative estimate of drug-likeness (QED) is 0.434. The summed E-state index contributed by atoms with van der Waals surface area (Å²) in [5.74, 6) is 1.95. The fourth-order valence-electron chi connectivity index (χ4n) is 5.17. The molecular weight excluding hydrogens is 480 g/mol. The standard InChI is InChI=1S/C31H36N2O5/c1-21(2)18-29(34)33-13-12-23-8-9-25(19-27(23)30(33)24-6-4-22(3)5-7-24)37-20-26-10-11-28(38-26)31(35)32-14-16-36-17-15-32/h4-11,19,21,30H,12-18,20H2,1-3H3/t30-/m0/s1.